The van der Waals surface area contributed by atoms with Gasteiger partial charge >= 0.3 is 0 Å². The third-order valence-corrected chi connectivity index (χ3v) is 4.38. The van der Waals surface area contributed by atoms with Crippen LogP contribution >= 0.6 is 0 Å². The molecule has 92 valence electrons. The first-order valence-electron chi connectivity index (χ1n) is 6.82. The van der Waals surface area contributed by atoms with Crippen molar-refractivity contribution < 1.29 is 0 Å². The molecular formula is C15H22N2. The molecule has 0 amide bonds. The number of fused-ring (bicyclic) bond motifs is 1. The van der Waals surface area contributed by atoms with Crippen LogP contribution in [0.4, 0.5) is 0 Å². The molecule has 0 aromatic heterocycles. The fraction of sp³-hybridized carbons (Fsp3) is 0.600. The highest BCUT2D eigenvalue weighted by Crippen LogP contribution is 2.24. The smallest absolute Gasteiger partial charge is 0.0140 e. The molecule has 1 fully saturated rings. The lowest BCUT2D eigenvalue weighted by atomic mass is 9.87. The van der Waals surface area contributed by atoms with Gasteiger partial charge in [-0.1, -0.05) is 24.3 Å². The molecule has 0 radical (unpaired) electrons. The number of likely N-dealkylation sites (N-methyl/N-ethyl adjacent to an activating group) is 1. The van der Waals surface area contributed by atoms with Crippen molar-refractivity contribution in [3.8, 4) is 0 Å². The number of benzene rings is 1. The Balaban J connectivity index is 1.68. The quantitative estimate of drug-likeness (QED) is 0.726. The van der Waals surface area contributed by atoms with E-state index in [2.05, 4.69) is 41.1 Å². The molecule has 0 saturated carbocycles. The lowest BCUT2D eigenvalue weighted by Crippen LogP contribution is -2.50. The van der Waals surface area contributed by atoms with Gasteiger partial charge in [-0.2, -0.15) is 0 Å². The monoisotopic (exact) mass is 230 g/mol. The Kier molecular flexibility index (Phi) is 3.17. The van der Waals surface area contributed by atoms with Gasteiger partial charge in [-0.25, -0.2) is 0 Å². The van der Waals surface area contributed by atoms with E-state index in [1.807, 2.05) is 0 Å². The maximum Gasteiger partial charge on any atom is 0.0140 e. The van der Waals surface area contributed by atoms with Gasteiger partial charge in [-0.15, -0.1) is 0 Å². The molecule has 1 aliphatic heterocycles. The molecule has 1 heterocycles. The van der Waals surface area contributed by atoms with Crippen LogP contribution in [0.2, 0.25) is 0 Å². The Morgan fingerprint density at radius 3 is 2.47 bits per heavy atom. The number of hydrogen-bond acceptors (Lipinski definition) is 2. The molecule has 2 nitrogen and oxygen atoms in total. The van der Waals surface area contributed by atoms with Crippen LogP contribution in [0.3, 0.4) is 0 Å². The molecule has 17 heavy (non-hydrogen) atoms. The first-order valence-corrected chi connectivity index (χ1v) is 6.82. The Morgan fingerprint density at radius 2 is 1.71 bits per heavy atom. The minimum absolute atomic E-state index is 0.790. The van der Waals surface area contributed by atoms with E-state index < -0.39 is 0 Å². The molecule has 1 unspecified atom stereocenters. The van der Waals surface area contributed by atoms with E-state index >= 15 is 0 Å². The van der Waals surface area contributed by atoms with Crippen LogP contribution in [-0.4, -0.2) is 49.1 Å². The lowest BCUT2D eigenvalue weighted by molar-refractivity contribution is 0.104. The molecular weight excluding hydrogens is 208 g/mol. The zero-order valence-electron chi connectivity index (χ0n) is 10.7. The van der Waals surface area contributed by atoms with Crippen molar-refractivity contribution in [3.63, 3.8) is 0 Å². The lowest BCUT2D eigenvalue weighted by Gasteiger charge is -2.40. The van der Waals surface area contributed by atoms with Crippen molar-refractivity contribution in [2.45, 2.75) is 25.3 Å². The summed E-state index contributed by atoms with van der Waals surface area (Å²) < 4.78 is 0. The summed E-state index contributed by atoms with van der Waals surface area (Å²) in [6.07, 6.45) is 3.88. The highest BCUT2D eigenvalue weighted by molar-refractivity contribution is 5.30. The Labute approximate surface area is 104 Å². The SMILES string of the molecule is CN1CCN(C2CCc3ccccc3C2)CC1. The molecule has 3 rings (SSSR count). The van der Waals surface area contributed by atoms with E-state index in [9.17, 15) is 0 Å². The normalized spacial score (nSPS) is 26.8. The molecule has 1 aliphatic carbocycles. The molecule has 2 heteroatoms. The average Bonchev–Trinajstić information content (AvgIpc) is 2.39. The van der Waals surface area contributed by atoms with Crippen LogP contribution in [0.25, 0.3) is 0 Å². The van der Waals surface area contributed by atoms with Crippen molar-refractivity contribution in [2.24, 2.45) is 0 Å². The first-order chi connectivity index (χ1) is 8.33. The predicted octanol–water partition coefficient (Wildman–Crippen LogP) is 1.79. The van der Waals surface area contributed by atoms with Gasteiger partial charge in [0.1, 0.15) is 0 Å². The Bertz CT molecular complexity index is 380. The molecule has 0 N–H and O–H groups in total. The van der Waals surface area contributed by atoms with E-state index in [0.717, 1.165) is 6.04 Å². The van der Waals surface area contributed by atoms with E-state index in [4.69, 9.17) is 0 Å². The van der Waals surface area contributed by atoms with Crippen molar-refractivity contribution in [1.82, 2.24) is 9.80 Å². The summed E-state index contributed by atoms with van der Waals surface area (Å²) in [4.78, 5) is 5.14. The third kappa shape index (κ3) is 2.38. The summed E-state index contributed by atoms with van der Waals surface area (Å²) in [5.41, 5.74) is 3.17. The topological polar surface area (TPSA) is 6.48 Å². The summed E-state index contributed by atoms with van der Waals surface area (Å²) in [7, 11) is 2.23. The maximum atomic E-state index is 2.70. The molecule has 2 aliphatic rings. The van der Waals surface area contributed by atoms with Gasteiger partial charge in [-0.05, 0) is 37.4 Å². The average molecular weight is 230 g/mol. The minimum Gasteiger partial charge on any atom is -0.304 e. The van der Waals surface area contributed by atoms with Crippen LogP contribution in [0, 0.1) is 0 Å². The van der Waals surface area contributed by atoms with Crippen LogP contribution in [0.15, 0.2) is 24.3 Å². The molecule has 1 saturated heterocycles. The number of piperazine rings is 1. The summed E-state index contributed by atoms with van der Waals surface area (Å²) >= 11 is 0. The number of rotatable bonds is 1. The predicted molar refractivity (Wildman–Crippen MR) is 71.3 cm³/mol. The van der Waals surface area contributed by atoms with Crippen molar-refractivity contribution in [2.75, 3.05) is 33.2 Å². The third-order valence-electron chi connectivity index (χ3n) is 4.38. The maximum absolute atomic E-state index is 2.70. The standard InChI is InChI=1S/C15H22N2/c1-16-8-10-17(11-9-16)15-7-6-13-4-2-3-5-14(13)12-15/h2-5,15H,6-12H2,1H3. The zero-order valence-corrected chi connectivity index (χ0v) is 10.7. The molecule has 0 spiro atoms. The summed E-state index contributed by atoms with van der Waals surface area (Å²) in [6.45, 7) is 4.98. The molecule has 1 atom stereocenters. The molecule has 1 aromatic carbocycles. The number of hydrogen-bond donors (Lipinski definition) is 0. The van der Waals surface area contributed by atoms with Gasteiger partial charge in [0.05, 0.1) is 0 Å². The van der Waals surface area contributed by atoms with E-state index in [1.54, 1.807) is 11.1 Å². The van der Waals surface area contributed by atoms with E-state index in [0.29, 0.717) is 0 Å². The minimum atomic E-state index is 0.790. The number of aryl methyl sites for hydroxylation is 1. The zero-order chi connectivity index (χ0) is 11.7. The Morgan fingerprint density at radius 1 is 1.00 bits per heavy atom. The van der Waals surface area contributed by atoms with E-state index in [-0.39, 0.29) is 0 Å². The van der Waals surface area contributed by atoms with Gasteiger partial charge < -0.3 is 4.90 Å². The van der Waals surface area contributed by atoms with Crippen molar-refractivity contribution in [3.05, 3.63) is 35.4 Å². The molecule has 1 aromatic rings. The van der Waals surface area contributed by atoms with Crippen LogP contribution < -0.4 is 0 Å². The molecule has 0 bridgehead atoms. The van der Waals surface area contributed by atoms with Crippen LogP contribution in [0.1, 0.15) is 17.5 Å². The summed E-state index contributed by atoms with van der Waals surface area (Å²) in [5.74, 6) is 0. The first kappa shape index (κ1) is 11.2. The largest absolute Gasteiger partial charge is 0.304 e. The fourth-order valence-electron chi connectivity index (χ4n) is 3.18. The summed E-state index contributed by atoms with van der Waals surface area (Å²) in [5, 5.41) is 0. The van der Waals surface area contributed by atoms with Crippen molar-refractivity contribution >= 4 is 0 Å². The highest BCUT2D eigenvalue weighted by Gasteiger charge is 2.25. The fourth-order valence-corrected chi connectivity index (χ4v) is 3.18. The van der Waals surface area contributed by atoms with Crippen LogP contribution in [-0.2, 0) is 12.8 Å². The van der Waals surface area contributed by atoms with Gasteiger partial charge in [0.15, 0.2) is 0 Å². The number of nitrogens with zero attached hydrogens (tertiary/aromatic N) is 2. The van der Waals surface area contributed by atoms with Crippen LogP contribution in [0.5, 0.6) is 0 Å². The second-order valence-electron chi connectivity index (χ2n) is 5.50. The Hall–Kier alpha value is -0.860. The van der Waals surface area contributed by atoms with Gasteiger partial charge in [0.25, 0.3) is 0 Å². The van der Waals surface area contributed by atoms with Gasteiger partial charge in [-0.3, -0.25) is 4.90 Å². The summed E-state index contributed by atoms with van der Waals surface area (Å²) in [6, 6.07) is 9.77. The van der Waals surface area contributed by atoms with Crippen molar-refractivity contribution in [1.29, 1.82) is 0 Å². The second kappa shape index (κ2) is 4.79. The van der Waals surface area contributed by atoms with Gasteiger partial charge in [0.2, 0.25) is 0 Å². The highest BCUT2D eigenvalue weighted by atomic mass is 15.3. The van der Waals surface area contributed by atoms with Gasteiger partial charge in [0, 0.05) is 32.2 Å². The second-order valence-corrected chi connectivity index (χ2v) is 5.50. The van der Waals surface area contributed by atoms with E-state index in [1.165, 1.54) is 45.4 Å².